The molecule has 0 spiro atoms. The van der Waals surface area contributed by atoms with Crippen molar-refractivity contribution in [2.45, 2.75) is 13.3 Å². The van der Waals surface area contributed by atoms with Gasteiger partial charge in [0.25, 0.3) is 11.6 Å². The normalized spacial score (nSPS) is 10.4. The van der Waals surface area contributed by atoms with Gasteiger partial charge in [0.15, 0.2) is 0 Å². The largest absolute Gasteiger partial charge is 0.352 e. The van der Waals surface area contributed by atoms with Crippen LogP contribution in [0.3, 0.4) is 0 Å². The Hall–Kier alpha value is -1.99. The van der Waals surface area contributed by atoms with Gasteiger partial charge in [-0.25, -0.2) is 4.98 Å². The molecule has 0 saturated heterocycles. The van der Waals surface area contributed by atoms with E-state index in [0.717, 1.165) is 10.7 Å². The fourth-order valence-electron chi connectivity index (χ4n) is 1.73. The first-order chi connectivity index (χ1) is 9.99. The van der Waals surface area contributed by atoms with Crippen molar-refractivity contribution in [3.8, 4) is 0 Å². The number of benzene rings is 1. The second kappa shape index (κ2) is 6.64. The highest BCUT2D eigenvalue weighted by Gasteiger charge is 2.19. The monoisotopic (exact) mass is 325 g/mol. The van der Waals surface area contributed by atoms with Gasteiger partial charge in [0, 0.05) is 30.1 Å². The molecule has 21 heavy (non-hydrogen) atoms. The van der Waals surface area contributed by atoms with Gasteiger partial charge >= 0.3 is 0 Å². The van der Waals surface area contributed by atoms with Gasteiger partial charge < -0.3 is 5.32 Å². The van der Waals surface area contributed by atoms with Crippen LogP contribution in [0.1, 0.15) is 21.1 Å². The molecule has 0 aliphatic heterocycles. The number of halogens is 1. The molecule has 6 nitrogen and oxygen atoms in total. The minimum atomic E-state index is -0.614. The van der Waals surface area contributed by atoms with Crippen molar-refractivity contribution in [3.05, 3.63) is 55.0 Å². The average molecular weight is 326 g/mol. The smallest absolute Gasteiger partial charge is 0.288 e. The van der Waals surface area contributed by atoms with Crippen LogP contribution < -0.4 is 5.32 Å². The number of hydrogen-bond acceptors (Lipinski definition) is 5. The minimum Gasteiger partial charge on any atom is -0.352 e. The third kappa shape index (κ3) is 3.77. The van der Waals surface area contributed by atoms with Crippen molar-refractivity contribution in [2.24, 2.45) is 0 Å². The molecule has 1 aromatic carbocycles. The maximum atomic E-state index is 12.0. The highest BCUT2D eigenvalue weighted by Crippen LogP contribution is 2.27. The Bertz CT molecular complexity index is 687. The fourth-order valence-corrected chi connectivity index (χ4v) is 2.79. The molecule has 2 rings (SSSR count). The molecule has 0 saturated carbocycles. The zero-order chi connectivity index (χ0) is 15.4. The maximum absolute atomic E-state index is 12.0. The van der Waals surface area contributed by atoms with Gasteiger partial charge in [-0.2, -0.15) is 0 Å². The molecule has 1 N–H and O–H groups in total. The molecule has 0 atom stereocenters. The zero-order valence-corrected chi connectivity index (χ0v) is 12.7. The van der Waals surface area contributed by atoms with E-state index < -0.39 is 10.8 Å². The van der Waals surface area contributed by atoms with Crippen LogP contribution in [-0.2, 0) is 6.42 Å². The number of aryl methyl sites for hydroxylation is 1. The second-order valence-electron chi connectivity index (χ2n) is 4.28. The number of nitrogens with one attached hydrogen (secondary N) is 1. The summed E-state index contributed by atoms with van der Waals surface area (Å²) in [5.74, 6) is -0.433. The number of nitro groups is 1. The molecule has 0 fully saturated rings. The Morgan fingerprint density at radius 3 is 2.90 bits per heavy atom. The zero-order valence-electron chi connectivity index (χ0n) is 11.1. The summed E-state index contributed by atoms with van der Waals surface area (Å²) in [4.78, 5) is 26.5. The van der Waals surface area contributed by atoms with Crippen LogP contribution >= 0.6 is 22.9 Å². The molecule has 0 aliphatic carbocycles. The van der Waals surface area contributed by atoms with Crippen LogP contribution in [0.15, 0.2) is 23.6 Å². The summed E-state index contributed by atoms with van der Waals surface area (Å²) in [6.07, 6.45) is 0.608. The Balaban J connectivity index is 2.00. The summed E-state index contributed by atoms with van der Waals surface area (Å²) in [5.41, 5.74) is 0.768. The lowest BCUT2D eigenvalue weighted by Gasteiger charge is -2.06. The van der Waals surface area contributed by atoms with Gasteiger partial charge in [0.05, 0.1) is 15.5 Å². The lowest BCUT2D eigenvalue weighted by Crippen LogP contribution is -2.26. The van der Waals surface area contributed by atoms with E-state index in [4.69, 9.17) is 11.6 Å². The molecule has 0 unspecified atom stereocenters. The first kappa shape index (κ1) is 15.4. The number of thiazole rings is 1. The number of rotatable bonds is 5. The molecule has 110 valence electrons. The Morgan fingerprint density at radius 2 is 2.29 bits per heavy atom. The van der Waals surface area contributed by atoms with Crippen LogP contribution in [0.25, 0.3) is 0 Å². The minimum absolute atomic E-state index is 0.0983. The van der Waals surface area contributed by atoms with E-state index in [1.54, 1.807) is 0 Å². The van der Waals surface area contributed by atoms with Crippen molar-refractivity contribution in [1.82, 2.24) is 10.3 Å². The van der Waals surface area contributed by atoms with E-state index in [9.17, 15) is 14.9 Å². The van der Waals surface area contributed by atoms with E-state index in [0.29, 0.717) is 13.0 Å². The molecule has 0 bridgehead atoms. The molecular weight excluding hydrogens is 314 g/mol. The number of carbonyl (C=O) groups is 1. The first-order valence-corrected chi connectivity index (χ1v) is 7.37. The molecule has 2 aromatic rings. The van der Waals surface area contributed by atoms with Crippen LogP contribution in [0.2, 0.25) is 5.02 Å². The highest BCUT2D eigenvalue weighted by molar-refractivity contribution is 7.09. The van der Waals surface area contributed by atoms with Crippen molar-refractivity contribution >= 4 is 34.5 Å². The third-order valence-electron chi connectivity index (χ3n) is 2.71. The van der Waals surface area contributed by atoms with Gasteiger partial charge in [-0.15, -0.1) is 11.3 Å². The van der Waals surface area contributed by atoms with E-state index in [2.05, 4.69) is 10.3 Å². The molecule has 1 amide bonds. The second-order valence-corrected chi connectivity index (χ2v) is 5.60. The number of aromatic nitrogens is 1. The molecule has 0 radical (unpaired) electrons. The van der Waals surface area contributed by atoms with Gasteiger partial charge in [-0.05, 0) is 13.0 Å². The number of nitrogens with zero attached hydrogens (tertiary/aromatic N) is 2. The van der Waals surface area contributed by atoms with E-state index in [-0.39, 0.29) is 16.3 Å². The lowest BCUT2D eigenvalue weighted by atomic mass is 10.2. The molecular formula is C13H12ClN3O3S. The summed E-state index contributed by atoms with van der Waals surface area (Å²) < 4.78 is 0. The summed E-state index contributed by atoms with van der Waals surface area (Å²) in [6.45, 7) is 2.30. The van der Waals surface area contributed by atoms with Crippen LogP contribution in [0, 0.1) is 17.0 Å². The summed E-state index contributed by atoms with van der Waals surface area (Å²) >= 11 is 7.41. The van der Waals surface area contributed by atoms with Crippen LogP contribution in [0.4, 0.5) is 5.69 Å². The first-order valence-electron chi connectivity index (χ1n) is 6.11. The number of amides is 1. The SMILES string of the molecule is Cc1csc(CCNC(=O)c2cccc([N+](=O)[O-])c2Cl)n1. The molecule has 1 aromatic heterocycles. The standard InChI is InChI=1S/C13H12ClN3O3S/c1-8-7-21-11(16-8)5-6-15-13(18)9-3-2-4-10(12(9)14)17(19)20/h2-4,7H,5-6H2,1H3,(H,15,18). The molecule has 8 heteroatoms. The van der Waals surface area contributed by atoms with E-state index in [1.807, 2.05) is 12.3 Å². The topological polar surface area (TPSA) is 85.1 Å². The van der Waals surface area contributed by atoms with E-state index >= 15 is 0 Å². The Morgan fingerprint density at radius 1 is 1.52 bits per heavy atom. The van der Waals surface area contributed by atoms with Crippen LogP contribution in [-0.4, -0.2) is 22.4 Å². The van der Waals surface area contributed by atoms with Crippen LogP contribution in [0.5, 0.6) is 0 Å². The fraction of sp³-hybridized carbons (Fsp3) is 0.231. The predicted molar refractivity (Wildman–Crippen MR) is 81.0 cm³/mol. The van der Waals surface area contributed by atoms with Gasteiger partial charge in [0.1, 0.15) is 5.02 Å². The summed E-state index contributed by atoms with van der Waals surface area (Å²) in [6, 6.07) is 4.15. The van der Waals surface area contributed by atoms with Crippen molar-refractivity contribution in [2.75, 3.05) is 6.54 Å². The number of nitro benzene ring substituents is 1. The Labute approximate surface area is 129 Å². The van der Waals surface area contributed by atoms with Crippen molar-refractivity contribution in [1.29, 1.82) is 0 Å². The van der Waals surface area contributed by atoms with Crippen molar-refractivity contribution < 1.29 is 9.72 Å². The molecule has 0 aliphatic rings. The predicted octanol–water partition coefficient (Wildman–Crippen LogP) is 2.99. The van der Waals surface area contributed by atoms with Crippen molar-refractivity contribution in [3.63, 3.8) is 0 Å². The molecule has 1 heterocycles. The number of carbonyl (C=O) groups excluding carboxylic acids is 1. The summed E-state index contributed by atoms with van der Waals surface area (Å²) in [7, 11) is 0. The van der Waals surface area contributed by atoms with Gasteiger partial charge in [-0.1, -0.05) is 17.7 Å². The maximum Gasteiger partial charge on any atom is 0.288 e. The average Bonchev–Trinajstić information content (AvgIpc) is 2.84. The highest BCUT2D eigenvalue weighted by atomic mass is 35.5. The van der Waals surface area contributed by atoms with Gasteiger partial charge in [0.2, 0.25) is 0 Å². The van der Waals surface area contributed by atoms with Gasteiger partial charge in [-0.3, -0.25) is 14.9 Å². The quantitative estimate of drug-likeness (QED) is 0.676. The number of hydrogen-bond donors (Lipinski definition) is 1. The summed E-state index contributed by atoms with van der Waals surface area (Å²) in [5, 5.41) is 16.2. The lowest BCUT2D eigenvalue weighted by molar-refractivity contribution is -0.384. The third-order valence-corrected chi connectivity index (χ3v) is 4.13. The van der Waals surface area contributed by atoms with E-state index in [1.165, 1.54) is 29.5 Å². The Kier molecular flexibility index (Phi) is 4.87.